The molecule has 5 nitrogen and oxygen atoms in total. The van der Waals surface area contributed by atoms with Gasteiger partial charge in [-0.25, -0.2) is 4.98 Å². The minimum atomic E-state index is -0.0338. The van der Waals surface area contributed by atoms with Gasteiger partial charge in [0.2, 0.25) is 5.91 Å². The lowest BCUT2D eigenvalue weighted by atomic mass is 10.1. The fourth-order valence-corrected chi connectivity index (χ4v) is 1.92. The van der Waals surface area contributed by atoms with Crippen LogP contribution in [-0.2, 0) is 11.2 Å². The summed E-state index contributed by atoms with van der Waals surface area (Å²) >= 11 is 0. The Morgan fingerprint density at radius 1 is 1.50 bits per heavy atom. The maximum Gasteiger partial charge on any atom is 0.236 e. The minimum Gasteiger partial charge on any atom is -0.344 e. The third kappa shape index (κ3) is 2.68. The second-order valence-electron chi connectivity index (χ2n) is 4.44. The Kier molecular flexibility index (Phi) is 3.62. The monoisotopic (exact) mass is 246 g/mol. The van der Waals surface area contributed by atoms with Crippen LogP contribution in [0.1, 0.15) is 11.4 Å². The summed E-state index contributed by atoms with van der Waals surface area (Å²) in [5.74, 6) is 0.881. The van der Waals surface area contributed by atoms with Gasteiger partial charge >= 0.3 is 0 Å². The first-order chi connectivity index (χ1) is 8.60. The normalized spacial score (nSPS) is 10.8. The van der Waals surface area contributed by atoms with Crippen LogP contribution >= 0.6 is 0 Å². The van der Waals surface area contributed by atoms with Crippen LogP contribution in [0.15, 0.2) is 18.2 Å². The molecule has 0 fully saturated rings. The molecule has 0 radical (unpaired) electrons. The highest BCUT2D eigenvalue weighted by atomic mass is 16.2. The van der Waals surface area contributed by atoms with Crippen LogP contribution in [0.4, 0.5) is 0 Å². The predicted octanol–water partition coefficient (Wildman–Crippen LogP) is 0.831. The summed E-state index contributed by atoms with van der Waals surface area (Å²) in [6, 6.07) is 6.12. The largest absolute Gasteiger partial charge is 0.344 e. The van der Waals surface area contributed by atoms with Crippen molar-refractivity contribution in [2.45, 2.75) is 13.3 Å². The molecule has 0 atom stereocenters. The molecule has 0 saturated heterocycles. The molecule has 18 heavy (non-hydrogen) atoms. The molecule has 1 aromatic carbocycles. The van der Waals surface area contributed by atoms with Crippen LogP contribution in [-0.4, -0.2) is 40.9 Å². The number of benzene rings is 1. The van der Waals surface area contributed by atoms with Gasteiger partial charge in [-0.1, -0.05) is 6.07 Å². The lowest BCUT2D eigenvalue weighted by Crippen LogP contribution is -2.34. The summed E-state index contributed by atoms with van der Waals surface area (Å²) in [5.41, 5.74) is 8.51. The number of hydrogen-bond acceptors (Lipinski definition) is 3. The number of aromatic nitrogens is 2. The molecule has 1 aromatic heterocycles. The van der Waals surface area contributed by atoms with Crippen molar-refractivity contribution in [2.75, 3.05) is 20.1 Å². The molecule has 0 unspecified atom stereocenters. The third-order valence-electron chi connectivity index (χ3n) is 3.00. The maximum absolute atomic E-state index is 11.3. The topological polar surface area (TPSA) is 75.0 Å². The van der Waals surface area contributed by atoms with Crippen LogP contribution < -0.4 is 5.73 Å². The summed E-state index contributed by atoms with van der Waals surface area (Å²) in [6.45, 7) is 2.68. The highest BCUT2D eigenvalue weighted by molar-refractivity contribution is 5.78. The van der Waals surface area contributed by atoms with Gasteiger partial charge in [0.15, 0.2) is 0 Å². The Balaban J connectivity index is 2.05. The van der Waals surface area contributed by atoms with Crippen molar-refractivity contribution in [1.29, 1.82) is 0 Å². The van der Waals surface area contributed by atoms with E-state index < -0.39 is 0 Å². The summed E-state index contributed by atoms with van der Waals surface area (Å²) in [6.07, 6.45) is 0.816. The van der Waals surface area contributed by atoms with Crippen molar-refractivity contribution in [2.24, 2.45) is 5.73 Å². The van der Waals surface area contributed by atoms with E-state index in [0.717, 1.165) is 23.3 Å². The molecule has 3 N–H and O–H groups in total. The van der Waals surface area contributed by atoms with Crippen LogP contribution in [0.25, 0.3) is 11.0 Å². The quantitative estimate of drug-likeness (QED) is 0.839. The molecule has 0 aliphatic carbocycles. The van der Waals surface area contributed by atoms with Gasteiger partial charge in [0.25, 0.3) is 0 Å². The maximum atomic E-state index is 11.3. The highest BCUT2D eigenvalue weighted by Crippen LogP contribution is 2.14. The van der Waals surface area contributed by atoms with Gasteiger partial charge in [0.1, 0.15) is 5.82 Å². The molecule has 2 rings (SSSR count). The van der Waals surface area contributed by atoms with E-state index >= 15 is 0 Å². The van der Waals surface area contributed by atoms with Crippen molar-refractivity contribution < 1.29 is 4.79 Å². The zero-order valence-electron chi connectivity index (χ0n) is 10.7. The SMILES string of the molecule is Cc1nc2ccc(CCN(C)C(=O)CN)cc2[nH]1. The number of hydrogen-bond donors (Lipinski definition) is 2. The second-order valence-corrected chi connectivity index (χ2v) is 4.44. The predicted molar refractivity (Wildman–Crippen MR) is 71.2 cm³/mol. The van der Waals surface area contributed by atoms with Gasteiger partial charge in [-0.15, -0.1) is 0 Å². The number of H-pyrrole nitrogens is 1. The third-order valence-corrected chi connectivity index (χ3v) is 3.00. The zero-order valence-corrected chi connectivity index (χ0v) is 10.7. The first-order valence-electron chi connectivity index (χ1n) is 5.99. The molecule has 0 spiro atoms. The van der Waals surface area contributed by atoms with E-state index in [9.17, 15) is 4.79 Å². The van der Waals surface area contributed by atoms with Crippen molar-refractivity contribution in [1.82, 2.24) is 14.9 Å². The number of rotatable bonds is 4. The number of carbonyl (C=O) groups is 1. The van der Waals surface area contributed by atoms with Crippen LogP contribution in [0, 0.1) is 6.92 Å². The fraction of sp³-hybridized carbons (Fsp3) is 0.385. The Bertz CT molecular complexity index is 561. The smallest absolute Gasteiger partial charge is 0.236 e. The van der Waals surface area contributed by atoms with E-state index in [1.807, 2.05) is 19.1 Å². The summed E-state index contributed by atoms with van der Waals surface area (Å²) in [4.78, 5) is 20.6. The molecule has 0 aliphatic rings. The van der Waals surface area contributed by atoms with Crippen molar-refractivity contribution in [3.8, 4) is 0 Å². The first-order valence-corrected chi connectivity index (χ1v) is 5.99. The average molecular weight is 246 g/mol. The number of nitrogens with two attached hydrogens (primary N) is 1. The molecule has 0 bridgehead atoms. The van der Waals surface area contributed by atoms with E-state index in [4.69, 9.17) is 5.73 Å². The zero-order chi connectivity index (χ0) is 13.1. The molecule has 1 heterocycles. The molecule has 5 heteroatoms. The van der Waals surface area contributed by atoms with E-state index in [2.05, 4.69) is 16.0 Å². The first kappa shape index (κ1) is 12.6. The second kappa shape index (κ2) is 5.18. The summed E-state index contributed by atoms with van der Waals surface area (Å²) < 4.78 is 0. The standard InChI is InChI=1S/C13H18N4O/c1-9-15-11-4-3-10(7-12(11)16-9)5-6-17(2)13(18)8-14/h3-4,7H,5-6,8,14H2,1-2H3,(H,15,16). The number of fused-ring (bicyclic) bond motifs is 1. The van der Waals surface area contributed by atoms with E-state index in [1.165, 1.54) is 5.56 Å². The fourth-order valence-electron chi connectivity index (χ4n) is 1.92. The molecular formula is C13H18N4O. The molecule has 2 aromatic rings. The molecule has 1 amide bonds. The highest BCUT2D eigenvalue weighted by Gasteiger charge is 2.06. The number of nitrogens with one attached hydrogen (secondary N) is 1. The lowest BCUT2D eigenvalue weighted by molar-refractivity contribution is -0.128. The number of amides is 1. The number of aryl methyl sites for hydroxylation is 1. The minimum absolute atomic E-state index is 0.0338. The molecule has 0 saturated carbocycles. The number of nitrogens with zero attached hydrogens (tertiary/aromatic N) is 2. The Morgan fingerprint density at radius 3 is 3.00 bits per heavy atom. The van der Waals surface area contributed by atoms with Gasteiger partial charge < -0.3 is 15.6 Å². The average Bonchev–Trinajstić information content (AvgIpc) is 2.74. The number of imidazole rings is 1. The van der Waals surface area contributed by atoms with Gasteiger partial charge in [0, 0.05) is 13.6 Å². The Morgan fingerprint density at radius 2 is 2.28 bits per heavy atom. The van der Waals surface area contributed by atoms with E-state index in [1.54, 1.807) is 11.9 Å². The van der Waals surface area contributed by atoms with E-state index in [-0.39, 0.29) is 12.5 Å². The van der Waals surface area contributed by atoms with Crippen LogP contribution in [0.3, 0.4) is 0 Å². The van der Waals surface area contributed by atoms with E-state index in [0.29, 0.717) is 6.54 Å². The Hall–Kier alpha value is -1.88. The van der Waals surface area contributed by atoms with Crippen LogP contribution in [0.5, 0.6) is 0 Å². The molecular weight excluding hydrogens is 228 g/mol. The van der Waals surface area contributed by atoms with Crippen LogP contribution in [0.2, 0.25) is 0 Å². The van der Waals surface area contributed by atoms with Gasteiger partial charge in [0.05, 0.1) is 17.6 Å². The van der Waals surface area contributed by atoms with Crippen molar-refractivity contribution in [3.05, 3.63) is 29.6 Å². The van der Waals surface area contributed by atoms with Crippen molar-refractivity contribution >= 4 is 16.9 Å². The van der Waals surface area contributed by atoms with Gasteiger partial charge in [-0.3, -0.25) is 4.79 Å². The molecule has 0 aliphatic heterocycles. The van der Waals surface area contributed by atoms with Crippen molar-refractivity contribution in [3.63, 3.8) is 0 Å². The van der Waals surface area contributed by atoms with Gasteiger partial charge in [-0.2, -0.15) is 0 Å². The van der Waals surface area contributed by atoms with Gasteiger partial charge in [-0.05, 0) is 31.0 Å². The lowest BCUT2D eigenvalue weighted by Gasteiger charge is -2.15. The number of aromatic amines is 1. The Labute approximate surface area is 106 Å². The number of carbonyl (C=O) groups excluding carboxylic acids is 1. The molecule has 96 valence electrons. The number of likely N-dealkylation sites (N-methyl/N-ethyl adjacent to an activating group) is 1. The summed E-state index contributed by atoms with van der Waals surface area (Å²) in [5, 5.41) is 0. The summed E-state index contributed by atoms with van der Waals surface area (Å²) in [7, 11) is 1.77.